The van der Waals surface area contributed by atoms with Gasteiger partial charge in [-0.05, 0) is 33.0 Å². The summed E-state index contributed by atoms with van der Waals surface area (Å²) in [6.45, 7) is 7.36. The number of piperazine rings is 1. The molecule has 14 heteroatoms. The van der Waals surface area contributed by atoms with Crippen molar-refractivity contribution < 1.29 is 27.1 Å². The minimum Gasteiger partial charge on any atom is -0.375 e. The molecule has 2 aliphatic heterocycles. The van der Waals surface area contributed by atoms with E-state index in [1.54, 1.807) is 0 Å². The molecule has 1 N–H and O–H groups in total. The van der Waals surface area contributed by atoms with Gasteiger partial charge in [-0.2, -0.15) is 13.2 Å². The molecule has 43 heavy (non-hydrogen) atoms. The van der Waals surface area contributed by atoms with E-state index in [9.17, 15) is 22.8 Å². The van der Waals surface area contributed by atoms with Gasteiger partial charge >= 0.3 is 6.18 Å². The van der Waals surface area contributed by atoms with Gasteiger partial charge in [0.05, 0.1) is 35.2 Å². The fraction of sp³-hybridized carbons (Fsp3) is 0.448. The molecule has 2 aromatic heterocycles. The Morgan fingerprint density at radius 1 is 1.02 bits per heavy atom. The number of aromatic nitrogens is 3. The van der Waals surface area contributed by atoms with Crippen molar-refractivity contribution in [2.24, 2.45) is 7.05 Å². The molecule has 5 rings (SSSR count). The van der Waals surface area contributed by atoms with Crippen molar-refractivity contribution in [1.29, 1.82) is 0 Å². The van der Waals surface area contributed by atoms with Gasteiger partial charge in [-0.25, -0.2) is 14.4 Å². The number of anilines is 3. The molecule has 0 spiro atoms. The summed E-state index contributed by atoms with van der Waals surface area (Å²) < 4.78 is 63.6. The number of alkyl halides is 3. The Labute approximate surface area is 245 Å². The molecular formula is C29H33F4N7O3. The van der Waals surface area contributed by atoms with Crippen molar-refractivity contribution >= 4 is 23.2 Å². The maximum absolute atomic E-state index is 15.7. The lowest BCUT2D eigenvalue weighted by atomic mass is 10.0. The van der Waals surface area contributed by atoms with Crippen LogP contribution in [0, 0.1) is 5.82 Å². The first-order valence-corrected chi connectivity index (χ1v) is 13.9. The van der Waals surface area contributed by atoms with E-state index >= 15 is 4.39 Å². The average molecular weight is 604 g/mol. The van der Waals surface area contributed by atoms with Crippen LogP contribution in [0.4, 0.5) is 34.9 Å². The molecule has 4 heterocycles. The molecule has 2 atom stereocenters. The Morgan fingerprint density at radius 2 is 1.74 bits per heavy atom. The maximum atomic E-state index is 15.7. The van der Waals surface area contributed by atoms with Crippen LogP contribution in [0.5, 0.6) is 0 Å². The van der Waals surface area contributed by atoms with Crippen molar-refractivity contribution in [3.8, 4) is 11.1 Å². The van der Waals surface area contributed by atoms with Crippen molar-refractivity contribution in [3.63, 3.8) is 0 Å². The number of likely N-dealkylation sites (N-methyl/N-ethyl adjacent to an activating group) is 1. The van der Waals surface area contributed by atoms with Crippen LogP contribution in [0.25, 0.3) is 11.1 Å². The van der Waals surface area contributed by atoms with Crippen LogP contribution in [0.15, 0.2) is 41.6 Å². The fourth-order valence-electron chi connectivity index (χ4n) is 5.27. The lowest BCUT2D eigenvalue weighted by Crippen LogP contribution is -2.50. The highest BCUT2D eigenvalue weighted by Crippen LogP contribution is 2.37. The SMILES string of the molecule is C[C@@H]1CN(c2ncc(-c3cc(NC(=O)c4cn(C)c(=O)cc4C(F)(F)F)c(N4CCN(C)[C@H](C)C4)cc3F)cn2)CCO1. The summed E-state index contributed by atoms with van der Waals surface area (Å²) in [4.78, 5) is 40.2. The first kappa shape index (κ1) is 30.4. The van der Waals surface area contributed by atoms with E-state index in [2.05, 4.69) is 20.2 Å². The number of ether oxygens (including phenoxy) is 1. The maximum Gasteiger partial charge on any atom is 0.417 e. The second kappa shape index (κ2) is 11.9. The van der Waals surface area contributed by atoms with E-state index < -0.39 is 34.6 Å². The quantitative estimate of drug-likeness (QED) is 0.442. The Bertz CT molecular complexity index is 1560. The summed E-state index contributed by atoms with van der Waals surface area (Å²) in [7, 11) is 3.22. The van der Waals surface area contributed by atoms with Crippen LogP contribution in [0.1, 0.15) is 29.8 Å². The van der Waals surface area contributed by atoms with Crippen LogP contribution in [0.3, 0.4) is 0 Å². The highest BCUT2D eigenvalue weighted by Gasteiger charge is 2.36. The summed E-state index contributed by atoms with van der Waals surface area (Å²) in [5.41, 5.74) is -2.15. The molecule has 0 unspecified atom stereocenters. The first-order chi connectivity index (χ1) is 20.3. The van der Waals surface area contributed by atoms with Gasteiger partial charge in [0.1, 0.15) is 5.82 Å². The molecule has 2 fully saturated rings. The number of rotatable bonds is 5. The first-order valence-electron chi connectivity index (χ1n) is 13.9. The molecule has 2 aliphatic rings. The third-order valence-corrected chi connectivity index (χ3v) is 7.89. The van der Waals surface area contributed by atoms with E-state index in [1.807, 2.05) is 30.7 Å². The second-order valence-corrected chi connectivity index (χ2v) is 11.0. The van der Waals surface area contributed by atoms with Crippen LogP contribution in [0.2, 0.25) is 0 Å². The third kappa shape index (κ3) is 6.49. The summed E-state index contributed by atoms with van der Waals surface area (Å²) in [5.74, 6) is -1.23. The lowest BCUT2D eigenvalue weighted by Gasteiger charge is -2.39. The summed E-state index contributed by atoms with van der Waals surface area (Å²) in [5, 5.41) is 2.58. The van der Waals surface area contributed by atoms with Gasteiger partial charge < -0.3 is 29.3 Å². The van der Waals surface area contributed by atoms with Gasteiger partial charge in [-0.1, -0.05) is 0 Å². The molecule has 1 amide bonds. The summed E-state index contributed by atoms with van der Waals surface area (Å²) >= 11 is 0. The van der Waals surface area contributed by atoms with Gasteiger partial charge in [-0.15, -0.1) is 0 Å². The molecule has 0 aliphatic carbocycles. The van der Waals surface area contributed by atoms with Gasteiger partial charge in [0.25, 0.3) is 11.5 Å². The number of pyridine rings is 1. The van der Waals surface area contributed by atoms with Crippen molar-refractivity contribution in [2.45, 2.75) is 32.2 Å². The van der Waals surface area contributed by atoms with E-state index in [0.717, 1.165) is 10.8 Å². The van der Waals surface area contributed by atoms with Crippen molar-refractivity contribution in [2.75, 3.05) is 61.5 Å². The van der Waals surface area contributed by atoms with Crippen molar-refractivity contribution in [3.05, 3.63) is 64.1 Å². The molecule has 10 nitrogen and oxygen atoms in total. The number of amides is 1. The zero-order valence-electron chi connectivity index (χ0n) is 24.3. The minimum atomic E-state index is -4.94. The molecule has 230 valence electrons. The van der Waals surface area contributed by atoms with E-state index in [0.29, 0.717) is 62.6 Å². The number of aryl methyl sites for hydroxylation is 1. The highest BCUT2D eigenvalue weighted by atomic mass is 19.4. The van der Waals surface area contributed by atoms with Gasteiger partial charge in [-0.3, -0.25) is 9.59 Å². The number of carbonyl (C=O) groups excluding carboxylic acids is 1. The molecule has 2 saturated heterocycles. The van der Waals surface area contributed by atoms with Gasteiger partial charge in [0.2, 0.25) is 5.95 Å². The Morgan fingerprint density at radius 3 is 2.40 bits per heavy atom. The Balaban J connectivity index is 1.54. The molecule has 1 aromatic carbocycles. The number of hydrogen-bond acceptors (Lipinski definition) is 8. The Hall–Kier alpha value is -4.04. The van der Waals surface area contributed by atoms with E-state index in [1.165, 1.54) is 31.6 Å². The smallest absolute Gasteiger partial charge is 0.375 e. The number of nitrogens with one attached hydrogen (secondary N) is 1. The molecule has 3 aromatic rings. The summed E-state index contributed by atoms with van der Waals surface area (Å²) in [6, 6.07) is 3.15. The topological polar surface area (TPSA) is 95.8 Å². The number of benzene rings is 1. The zero-order chi connectivity index (χ0) is 31.1. The van der Waals surface area contributed by atoms with Gasteiger partial charge in [0.15, 0.2) is 0 Å². The monoisotopic (exact) mass is 603 g/mol. The highest BCUT2D eigenvalue weighted by molar-refractivity contribution is 6.07. The van der Waals surface area contributed by atoms with Gasteiger partial charge in [0, 0.05) is 81.6 Å². The average Bonchev–Trinajstić information content (AvgIpc) is 2.96. The number of halogens is 4. The lowest BCUT2D eigenvalue weighted by molar-refractivity contribution is -0.138. The standard InChI is InChI=1S/C29H33F4N7O3/c1-17-14-39(6-5-37(17)3)25-11-23(30)20(19-12-34-28(35-13-19)40-7-8-43-18(2)15-40)9-24(25)36-27(42)21-16-38(4)26(41)10-22(21)29(31,32)33/h9-13,16-18H,5-8,14-15H2,1-4H3,(H,36,42)/t17-,18-/m1/s1. The van der Waals surface area contributed by atoms with Crippen LogP contribution < -0.4 is 20.7 Å². The molecule has 0 bridgehead atoms. The summed E-state index contributed by atoms with van der Waals surface area (Å²) in [6.07, 6.45) is -1.14. The van der Waals surface area contributed by atoms with E-state index in [4.69, 9.17) is 4.74 Å². The number of nitrogens with zero attached hydrogens (tertiary/aromatic N) is 6. The Kier molecular flexibility index (Phi) is 8.43. The normalized spacial score (nSPS) is 19.9. The third-order valence-electron chi connectivity index (χ3n) is 7.89. The number of hydrogen-bond donors (Lipinski definition) is 1. The van der Waals surface area contributed by atoms with Crippen LogP contribution >= 0.6 is 0 Å². The molecule has 0 radical (unpaired) electrons. The zero-order valence-corrected chi connectivity index (χ0v) is 24.3. The number of morpholine rings is 1. The predicted octanol–water partition coefficient (Wildman–Crippen LogP) is 3.62. The molecule has 0 saturated carbocycles. The van der Waals surface area contributed by atoms with Crippen molar-refractivity contribution in [1.82, 2.24) is 19.4 Å². The minimum absolute atomic E-state index is 0.00960. The van der Waals surface area contributed by atoms with Crippen LogP contribution in [-0.4, -0.2) is 83.9 Å². The number of carbonyl (C=O) groups is 1. The largest absolute Gasteiger partial charge is 0.417 e. The molecular weight excluding hydrogens is 570 g/mol. The van der Waals surface area contributed by atoms with Crippen LogP contribution in [-0.2, 0) is 18.0 Å². The second-order valence-electron chi connectivity index (χ2n) is 11.0. The predicted molar refractivity (Wildman–Crippen MR) is 154 cm³/mol. The fourth-order valence-corrected chi connectivity index (χ4v) is 5.27. The van der Waals surface area contributed by atoms with E-state index in [-0.39, 0.29) is 23.4 Å².